The van der Waals surface area contributed by atoms with Gasteiger partial charge in [-0.15, -0.1) is 0 Å². The van der Waals surface area contributed by atoms with Crippen molar-refractivity contribution in [2.45, 2.75) is 19.3 Å². The molecule has 0 radical (unpaired) electrons. The smallest absolute Gasteiger partial charge is 0.271 e. The van der Waals surface area contributed by atoms with Gasteiger partial charge in [-0.3, -0.25) is 19.7 Å². The summed E-state index contributed by atoms with van der Waals surface area (Å²) in [6.45, 7) is 3.06. The first-order valence-electron chi connectivity index (χ1n) is 10.7. The number of piperidine rings is 1. The summed E-state index contributed by atoms with van der Waals surface area (Å²) in [5, 5.41) is 13.6. The summed E-state index contributed by atoms with van der Waals surface area (Å²) < 4.78 is 11.1. The number of carbonyl (C=O) groups is 2. The third-order valence-electron chi connectivity index (χ3n) is 5.78. The lowest BCUT2D eigenvalue weighted by atomic mass is 9.88. The second-order valence-corrected chi connectivity index (χ2v) is 7.94. The Hall–Kier alpha value is -3.46. The number of Topliss-reactive ketones (excluding diaryl/α,β-unsaturated/α-hetero) is 1. The average molecular weight is 439 g/mol. The summed E-state index contributed by atoms with van der Waals surface area (Å²) in [5.41, 5.74) is 0.990. The monoisotopic (exact) mass is 439 g/mol. The van der Waals surface area contributed by atoms with E-state index in [0.29, 0.717) is 42.5 Å². The molecule has 1 saturated heterocycles. The number of ketones is 1. The lowest BCUT2D eigenvalue weighted by Gasteiger charge is -2.31. The van der Waals surface area contributed by atoms with E-state index >= 15 is 0 Å². The number of nitro benzene ring substituents is 1. The largest absolute Gasteiger partial charge is 0.486 e. The molecule has 0 unspecified atom stereocenters. The topological polar surface area (TPSA) is 111 Å². The molecule has 2 aromatic carbocycles. The van der Waals surface area contributed by atoms with Gasteiger partial charge in [-0.2, -0.15) is 0 Å². The Morgan fingerprint density at radius 1 is 1.06 bits per heavy atom. The minimum absolute atomic E-state index is 0.0486. The molecule has 2 aliphatic rings. The molecule has 9 heteroatoms. The maximum absolute atomic E-state index is 12.9. The van der Waals surface area contributed by atoms with E-state index < -0.39 is 4.92 Å². The van der Waals surface area contributed by atoms with E-state index in [1.165, 1.54) is 18.2 Å². The Morgan fingerprint density at radius 2 is 1.81 bits per heavy atom. The number of rotatable bonds is 7. The molecule has 2 aromatic rings. The molecule has 32 heavy (non-hydrogen) atoms. The minimum Gasteiger partial charge on any atom is -0.486 e. The molecule has 0 spiro atoms. The van der Waals surface area contributed by atoms with Crippen LogP contribution in [0.5, 0.6) is 11.5 Å². The highest BCUT2D eigenvalue weighted by Crippen LogP contribution is 2.32. The number of fused-ring (bicyclic) bond motifs is 1. The van der Waals surface area contributed by atoms with Crippen molar-refractivity contribution < 1.29 is 24.0 Å². The lowest BCUT2D eigenvalue weighted by molar-refractivity contribution is -0.384. The van der Waals surface area contributed by atoms with Gasteiger partial charge < -0.3 is 19.7 Å². The molecule has 1 N–H and O–H groups in total. The van der Waals surface area contributed by atoms with Gasteiger partial charge in [0, 0.05) is 42.3 Å². The van der Waals surface area contributed by atoms with Gasteiger partial charge in [0.1, 0.15) is 13.2 Å². The van der Waals surface area contributed by atoms with Crippen molar-refractivity contribution >= 4 is 23.1 Å². The molecule has 0 bridgehead atoms. The normalized spacial score (nSPS) is 16.4. The SMILES string of the molecule is O=C(CCN1CCC(C(=O)c2ccc3c(c2)OCCO3)CC1)Nc1cccc([N+](=O)[O-])c1. The number of hydrogen-bond acceptors (Lipinski definition) is 7. The number of anilines is 1. The zero-order valence-corrected chi connectivity index (χ0v) is 17.6. The summed E-state index contributed by atoms with van der Waals surface area (Å²) >= 11 is 0. The van der Waals surface area contributed by atoms with Crippen LogP contribution in [0.3, 0.4) is 0 Å². The van der Waals surface area contributed by atoms with Crippen LogP contribution in [0.2, 0.25) is 0 Å². The van der Waals surface area contributed by atoms with Crippen LogP contribution in [0.15, 0.2) is 42.5 Å². The fourth-order valence-corrected chi connectivity index (χ4v) is 4.03. The van der Waals surface area contributed by atoms with E-state index in [1.807, 2.05) is 0 Å². The van der Waals surface area contributed by atoms with Crippen LogP contribution >= 0.6 is 0 Å². The first kappa shape index (κ1) is 21.8. The number of nitro groups is 1. The van der Waals surface area contributed by atoms with Crippen LogP contribution in [-0.4, -0.2) is 54.4 Å². The predicted molar refractivity (Wildman–Crippen MR) is 117 cm³/mol. The number of nitrogens with zero attached hydrogens (tertiary/aromatic N) is 2. The number of likely N-dealkylation sites (tertiary alicyclic amines) is 1. The molecule has 4 rings (SSSR count). The van der Waals surface area contributed by atoms with E-state index in [-0.39, 0.29) is 29.7 Å². The van der Waals surface area contributed by atoms with Gasteiger partial charge in [0.05, 0.1) is 4.92 Å². The standard InChI is InChI=1S/C23H25N3O6/c27-22(24-18-2-1-3-19(15-18)26(29)30)8-11-25-9-6-16(7-10-25)23(28)17-4-5-20-21(14-17)32-13-12-31-20/h1-5,14-16H,6-13H2,(H,24,27). The van der Waals surface area contributed by atoms with Gasteiger partial charge in [0.2, 0.25) is 5.91 Å². The highest BCUT2D eigenvalue weighted by atomic mass is 16.6. The molecular formula is C23H25N3O6. The fraction of sp³-hybridized carbons (Fsp3) is 0.391. The van der Waals surface area contributed by atoms with Crippen molar-refractivity contribution in [1.29, 1.82) is 0 Å². The van der Waals surface area contributed by atoms with Crippen molar-refractivity contribution in [1.82, 2.24) is 4.90 Å². The van der Waals surface area contributed by atoms with Crippen LogP contribution < -0.4 is 14.8 Å². The van der Waals surface area contributed by atoms with E-state index in [1.54, 1.807) is 24.3 Å². The summed E-state index contributed by atoms with van der Waals surface area (Å²) in [7, 11) is 0. The van der Waals surface area contributed by atoms with Gasteiger partial charge in [0.25, 0.3) is 5.69 Å². The number of carbonyl (C=O) groups excluding carboxylic acids is 2. The summed E-state index contributed by atoms with van der Waals surface area (Å²) in [5.74, 6) is 1.16. The van der Waals surface area contributed by atoms with Crippen molar-refractivity contribution in [2.75, 3.05) is 38.2 Å². The second kappa shape index (κ2) is 9.78. The zero-order chi connectivity index (χ0) is 22.5. The van der Waals surface area contributed by atoms with E-state index in [2.05, 4.69) is 10.2 Å². The Balaban J connectivity index is 1.23. The van der Waals surface area contributed by atoms with Gasteiger partial charge >= 0.3 is 0 Å². The molecule has 0 saturated carbocycles. The number of hydrogen-bond donors (Lipinski definition) is 1. The molecule has 2 heterocycles. The van der Waals surface area contributed by atoms with Crippen LogP contribution in [0, 0.1) is 16.0 Å². The number of ether oxygens (including phenoxy) is 2. The number of nitrogens with one attached hydrogen (secondary N) is 1. The molecule has 9 nitrogen and oxygen atoms in total. The van der Waals surface area contributed by atoms with Crippen LogP contribution in [-0.2, 0) is 4.79 Å². The van der Waals surface area contributed by atoms with Gasteiger partial charge in [-0.05, 0) is 50.2 Å². The van der Waals surface area contributed by atoms with Crippen molar-refractivity contribution in [2.24, 2.45) is 5.92 Å². The lowest BCUT2D eigenvalue weighted by Crippen LogP contribution is -2.38. The number of benzene rings is 2. The van der Waals surface area contributed by atoms with Crippen molar-refractivity contribution in [3.8, 4) is 11.5 Å². The van der Waals surface area contributed by atoms with Crippen LogP contribution in [0.1, 0.15) is 29.6 Å². The zero-order valence-electron chi connectivity index (χ0n) is 17.6. The quantitative estimate of drug-likeness (QED) is 0.400. The number of non-ortho nitro benzene ring substituents is 1. The Labute approximate surface area is 185 Å². The van der Waals surface area contributed by atoms with Gasteiger partial charge in [0.15, 0.2) is 17.3 Å². The minimum atomic E-state index is -0.494. The summed E-state index contributed by atoms with van der Waals surface area (Å²) in [4.78, 5) is 37.7. The molecule has 0 aromatic heterocycles. The second-order valence-electron chi connectivity index (χ2n) is 7.94. The molecule has 0 atom stereocenters. The third kappa shape index (κ3) is 5.23. The highest BCUT2D eigenvalue weighted by molar-refractivity contribution is 5.98. The van der Waals surface area contributed by atoms with Crippen LogP contribution in [0.4, 0.5) is 11.4 Å². The van der Waals surface area contributed by atoms with Gasteiger partial charge in [-0.25, -0.2) is 0 Å². The van der Waals surface area contributed by atoms with Crippen molar-refractivity contribution in [3.05, 3.63) is 58.1 Å². The Kier molecular flexibility index (Phi) is 6.65. The Bertz CT molecular complexity index is 1020. The van der Waals surface area contributed by atoms with Crippen LogP contribution in [0.25, 0.3) is 0 Å². The first-order valence-corrected chi connectivity index (χ1v) is 10.7. The predicted octanol–water partition coefficient (Wildman–Crippen LogP) is 3.29. The third-order valence-corrected chi connectivity index (χ3v) is 5.78. The molecule has 2 aliphatic heterocycles. The van der Waals surface area contributed by atoms with E-state index in [4.69, 9.17) is 9.47 Å². The summed E-state index contributed by atoms with van der Waals surface area (Å²) in [6.07, 6.45) is 1.75. The first-order chi connectivity index (χ1) is 15.5. The molecule has 168 valence electrons. The van der Waals surface area contributed by atoms with Gasteiger partial charge in [-0.1, -0.05) is 6.07 Å². The van der Waals surface area contributed by atoms with E-state index in [0.717, 1.165) is 25.9 Å². The molecule has 1 fully saturated rings. The average Bonchev–Trinajstić information content (AvgIpc) is 2.82. The molecular weight excluding hydrogens is 414 g/mol. The summed E-state index contributed by atoms with van der Waals surface area (Å²) in [6, 6.07) is 11.2. The Morgan fingerprint density at radius 3 is 2.56 bits per heavy atom. The molecule has 0 aliphatic carbocycles. The number of amides is 1. The highest BCUT2D eigenvalue weighted by Gasteiger charge is 2.27. The van der Waals surface area contributed by atoms with Crippen molar-refractivity contribution in [3.63, 3.8) is 0 Å². The molecule has 1 amide bonds. The fourth-order valence-electron chi connectivity index (χ4n) is 4.03. The van der Waals surface area contributed by atoms with E-state index in [9.17, 15) is 19.7 Å². The maximum Gasteiger partial charge on any atom is 0.271 e. The maximum atomic E-state index is 12.9.